The Kier molecular flexibility index (Phi) is 5.21. The van der Waals surface area contributed by atoms with Gasteiger partial charge in [-0.3, -0.25) is 0 Å². The van der Waals surface area contributed by atoms with Crippen LogP contribution in [0.3, 0.4) is 0 Å². The number of ether oxygens (including phenoxy) is 1. The molecule has 0 aliphatic carbocycles. The molecule has 20 heavy (non-hydrogen) atoms. The number of benzene rings is 1. The van der Waals surface area contributed by atoms with Crippen LogP contribution >= 0.6 is 0 Å². The summed E-state index contributed by atoms with van der Waals surface area (Å²) in [6.45, 7) is 4.90. The summed E-state index contributed by atoms with van der Waals surface area (Å²) >= 11 is 0. The molecule has 108 valence electrons. The van der Waals surface area contributed by atoms with Crippen LogP contribution in [-0.2, 0) is 0 Å². The number of hydrogen-bond donors (Lipinski definition) is 3. The minimum absolute atomic E-state index is 0.275. The van der Waals surface area contributed by atoms with Gasteiger partial charge in [-0.15, -0.1) is 0 Å². The maximum absolute atomic E-state index is 9.89. The summed E-state index contributed by atoms with van der Waals surface area (Å²) in [5.41, 5.74) is 2.01. The van der Waals surface area contributed by atoms with Gasteiger partial charge in [0.15, 0.2) is 0 Å². The van der Waals surface area contributed by atoms with Crippen molar-refractivity contribution in [2.45, 2.75) is 26.0 Å². The van der Waals surface area contributed by atoms with Crippen molar-refractivity contribution in [3.8, 4) is 17.0 Å². The smallest absolute Gasteiger partial charge is 0.128 e. The van der Waals surface area contributed by atoms with Crippen LogP contribution < -0.4 is 10.1 Å². The quantitative estimate of drug-likeness (QED) is 0.727. The average molecular weight is 274 g/mol. The van der Waals surface area contributed by atoms with Crippen molar-refractivity contribution in [2.24, 2.45) is 0 Å². The molecule has 1 unspecified atom stereocenters. The van der Waals surface area contributed by atoms with E-state index in [4.69, 9.17) is 4.74 Å². The fraction of sp³-hybridized carbons (Fsp3) is 0.375. The molecule has 0 saturated heterocycles. The highest BCUT2D eigenvalue weighted by atomic mass is 16.5. The predicted octanol–water partition coefficient (Wildman–Crippen LogP) is 2.42. The number of aliphatic hydroxyl groups excluding tert-OH is 1. The Hall–Kier alpha value is -1.78. The zero-order chi connectivity index (χ0) is 14.4. The van der Waals surface area contributed by atoms with Crippen molar-refractivity contribution in [1.29, 1.82) is 0 Å². The monoisotopic (exact) mass is 274 g/mol. The second-order valence-corrected chi connectivity index (χ2v) is 5.11. The standard InChI is InChI=1S/C16H22N2O2/c1-12(2)18-10-13(19)11-20-16-8-4-3-6-14(16)15-7-5-9-17-15/h3-9,12-13,17-19H,10-11H2,1-2H3. The highest BCUT2D eigenvalue weighted by Crippen LogP contribution is 2.28. The molecule has 1 heterocycles. The molecule has 1 aromatic carbocycles. The molecule has 0 amide bonds. The summed E-state index contributed by atoms with van der Waals surface area (Å²) in [7, 11) is 0. The van der Waals surface area contributed by atoms with Gasteiger partial charge in [-0.2, -0.15) is 0 Å². The Morgan fingerprint density at radius 3 is 2.70 bits per heavy atom. The molecule has 0 radical (unpaired) electrons. The van der Waals surface area contributed by atoms with E-state index in [0.29, 0.717) is 12.6 Å². The predicted molar refractivity (Wildman–Crippen MR) is 80.9 cm³/mol. The Labute approximate surface area is 119 Å². The van der Waals surface area contributed by atoms with Crippen molar-refractivity contribution < 1.29 is 9.84 Å². The molecule has 3 N–H and O–H groups in total. The van der Waals surface area contributed by atoms with E-state index in [2.05, 4.69) is 10.3 Å². The van der Waals surface area contributed by atoms with Crippen molar-refractivity contribution in [3.05, 3.63) is 42.6 Å². The van der Waals surface area contributed by atoms with E-state index >= 15 is 0 Å². The minimum atomic E-state index is -0.519. The first kappa shape index (κ1) is 14.6. The van der Waals surface area contributed by atoms with Gasteiger partial charge in [0.05, 0.1) is 0 Å². The third-order valence-corrected chi connectivity index (χ3v) is 2.97. The molecule has 0 aliphatic rings. The number of hydrogen-bond acceptors (Lipinski definition) is 3. The highest BCUT2D eigenvalue weighted by molar-refractivity contribution is 5.67. The molecular formula is C16H22N2O2. The van der Waals surface area contributed by atoms with Crippen LogP contribution in [0.2, 0.25) is 0 Å². The molecular weight excluding hydrogens is 252 g/mol. The van der Waals surface area contributed by atoms with E-state index in [1.807, 2.05) is 56.4 Å². The zero-order valence-electron chi connectivity index (χ0n) is 12.0. The lowest BCUT2D eigenvalue weighted by Gasteiger charge is -2.16. The Morgan fingerprint density at radius 2 is 2.00 bits per heavy atom. The molecule has 4 nitrogen and oxygen atoms in total. The molecule has 0 spiro atoms. The Morgan fingerprint density at radius 1 is 1.20 bits per heavy atom. The number of nitrogens with one attached hydrogen (secondary N) is 2. The second-order valence-electron chi connectivity index (χ2n) is 5.11. The van der Waals surface area contributed by atoms with Crippen molar-refractivity contribution in [2.75, 3.05) is 13.2 Å². The molecule has 2 rings (SSSR count). The first-order valence-corrected chi connectivity index (χ1v) is 6.94. The maximum Gasteiger partial charge on any atom is 0.128 e. The van der Waals surface area contributed by atoms with Crippen molar-refractivity contribution >= 4 is 0 Å². The lowest BCUT2D eigenvalue weighted by Crippen LogP contribution is -2.35. The normalized spacial score (nSPS) is 12.6. The number of aliphatic hydroxyl groups is 1. The first-order valence-electron chi connectivity index (χ1n) is 6.94. The van der Waals surface area contributed by atoms with Gasteiger partial charge in [0.2, 0.25) is 0 Å². The molecule has 4 heteroatoms. The number of aromatic nitrogens is 1. The molecule has 0 saturated carbocycles. The van der Waals surface area contributed by atoms with E-state index in [-0.39, 0.29) is 6.61 Å². The fourth-order valence-corrected chi connectivity index (χ4v) is 1.93. The maximum atomic E-state index is 9.89. The van der Waals surface area contributed by atoms with Gasteiger partial charge in [-0.1, -0.05) is 26.0 Å². The topological polar surface area (TPSA) is 57.3 Å². The number of rotatable bonds is 7. The Bertz CT molecular complexity index is 509. The first-order chi connectivity index (χ1) is 9.66. The van der Waals surface area contributed by atoms with E-state index in [1.165, 1.54) is 0 Å². The second kappa shape index (κ2) is 7.12. The third kappa shape index (κ3) is 4.11. The van der Waals surface area contributed by atoms with Crippen LogP contribution in [0, 0.1) is 0 Å². The molecule has 1 atom stereocenters. The van der Waals surface area contributed by atoms with Crippen LogP contribution in [-0.4, -0.2) is 35.4 Å². The van der Waals surface area contributed by atoms with Gasteiger partial charge >= 0.3 is 0 Å². The van der Waals surface area contributed by atoms with E-state index in [1.54, 1.807) is 0 Å². The number of H-pyrrole nitrogens is 1. The van der Waals surface area contributed by atoms with Crippen LogP contribution in [0.15, 0.2) is 42.6 Å². The number of aromatic amines is 1. The van der Waals surface area contributed by atoms with Gasteiger partial charge < -0.3 is 20.1 Å². The fourth-order valence-electron chi connectivity index (χ4n) is 1.93. The highest BCUT2D eigenvalue weighted by Gasteiger charge is 2.09. The summed E-state index contributed by atoms with van der Waals surface area (Å²) in [5.74, 6) is 0.776. The van der Waals surface area contributed by atoms with Gasteiger partial charge in [0.1, 0.15) is 18.5 Å². The largest absolute Gasteiger partial charge is 0.490 e. The van der Waals surface area contributed by atoms with E-state index < -0.39 is 6.10 Å². The van der Waals surface area contributed by atoms with Crippen molar-refractivity contribution in [1.82, 2.24) is 10.3 Å². The van der Waals surface area contributed by atoms with E-state index in [0.717, 1.165) is 17.0 Å². The molecule has 0 bridgehead atoms. The number of para-hydroxylation sites is 1. The molecule has 0 fully saturated rings. The van der Waals surface area contributed by atoms with Crippen molar-refractivity contribution in [3.63, 3.8) is 0 Å². The summed E-state index contributed by atoms with van der Waals surface area (Å²) in [5, 5.41) is 13.1. The van der Waals surface area contributed by atoms with Gasteiger partial charge in [0, 0.05) is 30.0 Å². The summed E-state index contributed by atoms with van der Waals surface area (Å²) in [6, 6.07) is 12.1. The minimum Gasteiger partial charge on any atom is -0.490 e. The summed E-state index contributed by atoms with van der Waals surface area (Å²) < 4.78 is 5.75. The molecule has 1 aromatic heterocycles. The Balaban J connectivity index is 1.96. The molecule has 2 aromatic rings. The summed E-state index contributed by atoms with van der Waals surface area (Å²) in [4.78, 5) is 3.17. The zero-order valence-corrected chi connectivity index (χ0v) is 12.0. The van der Waals surface area contributed by atoms with Crippen LogP contribution in [0.25, 0.3) is 11.3 Å². The van der Waals surface area contributed by atoms with Crippen LogP contribution in [0.1, 0.15) is 13.8 Å². The lowest BCUT2D eigenvalue weighted by atomic mass is 10.1. The SMILES string of the molecule is CC(C)NCC(O)COc1ccccc1-c1ccc[nH]1. The van der Waals surface area contributed by atoms with Crippen LogP contribution in [0.5, 0.6) is 5.75 Å². The summed E-state index contributed by atoms with van der Waals surface area (Å²) in [6.07, 6.45) is 1.36. The van der Waals surface area contributed by atoms with E-state index in [9.17, 15) is 5.11 Å². The van der Waals surface area contributed by atoms with Gasteiger partial charge in [-0.25, -0.2) is 0 Å². The van der Waals surface area contributed by atoms with Crippen LogP contribution in [0.4, 0.5) is 0 Å². The lowest BCUT2D eigenvalue weighted by molar-refractivity contribution is 0.105. The van der Waals surface area contributed by atoms with Gasteiger partial charge in [0.25, 0.3) is 0 Å². The molecule has 0 aliphatic heterocycles. The third-order valence-electron chi connectivity index (χ3n) is 2.97. The average Bonchev–Trinajstić information content (AvgIpc) is 2.97. The van der Waals surface area contributed by atoms with Gasteiger partial charge in [-0.05, 0) is 24.3 Å².